The highest BCUT2D eigenvalue weighted by atomic mass is 35.5. The van der Waals surface area contributed by atoms with Gasteiger partial charge in [0.05, 0.1) is 12.1 Å². The Hall–Kier alpha value is -2.54. The predicted octanol–water partition coefficient (Wildman–Crippen LogP) is 5.33. The molecule has 0 aliphatic heterocycles. The van der Waals surface area contributed by atoms with Crippen molar-refractivity contribution in [3.8, 4) is 11.4 Å². The molecule has 0 spiro atoms. The van der Waals surface area contributed by atoms with Gasteiger partial charge in [0.25, 0.3) is 0 Å². The van der Waals surface area contributed by atoms with E-state index in [9.17, 15) is 13.2 Å². The van der Waals surface area contributed by atoms with Gasteiger partial charge in [-0.1, -0.05) is 28.9 Å². The summed E-state index contributed by atoms with van der Waals surface area (Å²) in [4.78, 5) is 4.13. The van der Waals surface area contributed by atoms with Gasteiger partial charge in [-0.05, 0) is 42.8 Å². The molecule has 0 bridgehead atoms. The van der Waals surface area contributed by atoms with E-state index in [2.05, 4.69) is 15.5 Å². The molecule has 0 amide bonds. The van der Waals surface area contributed by atoms with Crippen LogP contribution in [0.15, 0.2) is 47.0 Å². The lowest BCUT2D eigenvalue weighted by Gasteiger charge is -2.07. The van der Waals surface area contributed by atoms with Crippen LogP contribution in [-0.4, -0.2) is 10.1 Å². The first-order valence-electron chi connectivity index (χ1n) is 7.33. The van der Waals surface area contributed by atoms with Crippen molar-refractivity contribution in [2.75, 3.05) is 5.32 Å². The first-order chi connectivity index (χ1) is 11.8. The number of aromatic nitrogens is 2. The molecule has 0 fully saturated rings. The van der Waals surface area contributed by atoms with Gasteiger partial charge in [-0.25, -0.2) is 0 Å². The summed E-state index contributed by atoms with van der Waals surface area (Å²) in [5.41, 5.74) is 1.28. The van der Waals surface area contributed by atoms with E-state index in [4.69, 9.17) is 16.1 Å². The summed E-state index contributed by atoms with van der Waals surface area (Å²) in [6.45, 7) is 2.14. The largest absolute Gasteiger partial charge is 0.416 e. The smallest absolute Gasteiger partial charge is 0.376 e. The van der Waals surface area contributed by atoms with Crippen molar-refractivity contribution in [1.29, 1.82) is 0 Å². The zero-order valence-electron chi connectivity index (χ0n) is 13.1. The number of anilines is 1. The minimum Gasteiger partial charge on any atom is -0.376 e. The number of hydrogen-bond acceptors (Lipinski definition) is 4. The second-order valence-corrected chi connectivity index (χ2v) is 5.84. The third kappa shape index (κ3) is 4.11. The van der Waals surface area contributed by atoms with Gasteiger partial charge < -0.3 is 9.84 Å². The number of aryl methyl sites for hydroxylation is 1. The van der Waals surface area contributed by atoms with Gasteiger partial charge in [0.1, 0.15) is 0 Å². The van der Waals surface area contributed by atoms with Crippen molar-refractivity contribution in [3.05, 3.63) is 64.5 Å². The zero-order chi connectivity index (χ0) is 18.0. The van der Waals surface area contributed by atoms with Gasteiger partial charge in [0, 0.05) is 16.3 Å². The molecule has 1 N–H and O–H groups in total. The Balaban J connectivity index is 1.74. The molecule has 0 atom stereocenters. The maximum absolute atomic E-state index is 12.8. The standard InChI is InChI=1S/C17H13ClF3N3O/c1-10-7-13(18)5-6-14(10)22-9-15-23-16(24-25-15)11-3-2-4-12(8-11)17(19,20)21/h2-8,22H,9H2,1H3. The number of halogens is 4. The lowest BCUT2D eigenvalue weighted by atomic mass is 10.1. The average molecular weight is 368 g/mol. The summed E-state index contributed by atoms with van der Waals surface area (Å²) in [7, 11) is 0. The summed E-state index contributed by atoms with van der Waals surface area (Å²) >= 11 is 5.90. The molecule has 0 radical (unpaired) electrons. The molecule has 25 heavy (non-hydrogen) atoms. The fourth-order valence-electron chi connectivity index (χ4n) is 2.27. The molecule has 0 unspecified atom stereocenters. The van der Waals surface area contributed by atoms with Crippen molar-refractivity contribution in [2.24, 2.45) is 0 Å². The first-order valence-corrected chi connectivity index (χ1v) is 7.71. The minimum atomic E-state index is -4.42. The quantitative estimate of drug-likeness (QED) is 0.677. The second kappa shape index (κ2) is 6.76. The van der Waals surface area contributed by atoms with Gasteiger partial charge in [-0.3, -0.25) is 0 Å². The molecule has 3 aromatic rings. The van der Waals surface area contributed by atoms with Crippen molar-refractivity contribution < 1.29 is 17.7 Å². The summed E-state index contributed by atoms with van der Waals surface area (Å²) in [6.07, 6.45) is -4.42. The third-order valence-electron chi connectivity index (χ3n) is 3.53. The van der Waals surface area contributed by atoms with E-state index >= 15 is 0 Å². The highest BCUT2D eigenvalue weighted by molar-refractivity contribution is 6.30. The Morgan fingerprint density at radius 2 is 1.96 bits per heavy atom. The highest BCUT2D eigenvalue weighted by Crippen LogP contribution is 2.31. The van der Waals surface area contributed by atoms with Gasteiger partial charge in [-0.15, -0.1) is 0 Å². The minimum absolute atomic E-state index is 0.107. The van der Waals surface area contributed by atoms with Crippen LogP contribution in [0.4, 0.5) is 18.9 Å². The summed E-state index contributed by atoms with van der Waals surface area (Å²) in [6, 6.07) is 10.2. The predicted molar refractivity (Wildman–Crippen MR) is 88.3 cm³/mol. The number of alkyl halides is 3. The molecule has 0 aliphatic carbocycles. The van der Waals surface area contributed by atoms with Gasteiger partial charge in [-0.2, -0.15) is 18.2 Å². The van der Waals surface area contributed by atoms with E-state index in [1.165, 1.54) is 12.1 Å². The van der Waals surface area contributed by atoms with Crippen molar-refractivity contribution in [3.63, 3.8) is 0 Å². The SMILES string of the molecule is Cc1cc(Cl)ccc1NCc1nc(-c2cccc(C(F)(F)F)c2)no1. The van der Waals surface area contributed by atoms with Crippen LogP contribution >= 0.6 is 11.6 Å². The summed E-state index contributed by atoms with van der Waals surface area (Å²) < 4.78 is 43.4. The van der Waals surface area contributed by atoms with Crippen LogP contribution < -0.4 is 5.32 Å². The van der Waals surface area contributed by atoms with E-state index in [0.29, 0.717) is 5.02 Å². The van der Waals surface area contributed by atoms with Gasteiger partial charge in [0.2, 0.25) is 11.7 Å². The Bertz CT molecular complexity index is 893. The fraction of sp³-hybridized carbons (Fsp3) is 0.176. The molecule has 2 aromatic carbocycles. The molecule has 0 saturated carbocycles. The van der Waals surface area contributed by atoms with Crippen LogP contribution in [0.1, 0.15) is 17.0 Å². The number of nitrogens with zero attached hydrogens (tertiary/aromatic N) is 2. The monoisotopic (exact) mass is 367 g/mol. The van der Waals surface area contributed by atoms with Crippen molar-refractivity contribution in [2.45, 2.75) is 19.6 Å². The molecule has 8 heteroatoms. The Morgan fingerprint density at radius 1 is 1.16 bits per heavy atom. The van der Waals surface area contributed by atoms with Crippen LogP contribution in [0.2, 0.25) is 5.02 Å². The third-order valence-corrected chi connectivity index (χ3v) is 3.77. The normalized spacial score (nSPS) is 11.6. The van der Waals surface area contributed by atoms with Crippen molar-refractivity contribution in [1.82, 2.24) is 10.1 Å². The maximum Gasteiger partial charge on any atom is 0.416 e. The van der Waals surface area contributed by atoms with Gasteiger partial charge in [0.15, 0.2) is 0 Å². The van der Waals surface area contributed by atoms with Crippen molar-refractivity contribution >= 4 is 17.3 Å². The number of benzene rings is 2. The van der Waals surface area contributed by atoms with E-state index in [1.54, 1.807) is 6.07 Å². The van der Waals surface area contributed by atoms with E-state index in [0.717, 1.165) is 23.4 Å². The Morgan fingerprint density at radius 3 is 2.68 bits per heavy atom. The maximum atomic E-state index is 12.8. The van der Waals surface area contributed by atoms with E-state index < -0.39 is 11.7 Å². The molecular formula is C17H13ClF3N3O. The molecule has 0 aliphatic rings. The van der Waals surface area contributed by atoms with Crippen LogP contribution in [-0.2, 0) is 12.7 Å². The summed E-state index contributed by atoms with van der Waals surface area (Å²) in [5.74, 6) is 0.373. The molecule has 0 saturated heterocycles. The molecule has 1 aromatic heterocycles. The topological polar surface area (TPSA) is 51.0 Å². The summed E-state index contributed by atoms with van der Waals surface area (Å²) in [5, 5.41) is 7.50. The fourth-order valence-corrected chi connectivity index (χ4v) is 2.50. The molecule has 4 nitrogen and oxygen atoms in total. The van der Waals surface area contributed by atoms with Crippen LogP contribution in [0.5, 0.6) is 0 Å². The molecule has 3 rings (SSSR count). The number of rotatable bonds is 4. The number of nitrogens with one attached hydrogen (secondary N) is 1. The molecular weight excluding hydrogens is 355 g/mol. The van der Waals surface area contributed by atoms with E-state index in [-0.39, 0.29) is 23.8 Å². The van der Waals surface area contributed by atoms with E-state index in [1.807, 2.05) is 19.1 Å². The zero-order valence-corrected chi connectivity index (χ0v) is 13.8. The van der Waals surface area contributed by atoms with Crippen LogP contribution in [0.25, 0.3) is 11.4 Å². The number of hydrogen-bond donors (Lipinski definition) is 1. The Labute approximate surface area is 146 Å². The lowest BCUT2D eigenvalue weighted by Crippen LogP contribution is -2.04. The molecule has 130 valence electrons. The van der Waals surface area contributed by atoms with Crippen LogP contribution in [0.3, 0.4) is 0 Å². The second-order valence-electron chi connectivity index (χ2n) is 5.40. The van der Waals surface area contributed by atoms with Crippen LogP contribution in [0, 0.1) is 6.92 Å². The lowest BCUT2D eigenvalue weighted by molar-refractivity contribution is -0.137. The first kappa shape index (κ1) is 17.3. The average Bonchev–Trinajstić information content (AvgIpc) is 3.02. The molecule has 1 heterocycles. The highest BCUT2D eigenvalue weighted by Gasteiger charge is 2.30. The Kier molecular flexibility index (Phi) is 4.67. The van der Waals surface area contributed by atoms with Gasteiger partial charge >= 0.3 is 6.18 Å².